The van der Waals surface area contributed by atoms with Crippen LogP contribution in [0.15, 0.2) is 39.3 Å². The number of anilines is 1. The molecular formula is C13H7Br2F4NO. The number of nitrogens with two attached hydrogens (primary N) is 1. The molecule has 0 amide bonds. The number of ether oxygens (including phenoxy) is 1. The zero-order valence-electron chi connectivity index (χ0n) is 10.1. The van der Waals surface area contributed by atoms with E-state index in [1.807, 2.05) is 0 Å². The van der Waals surface area contributed by atoms with Crippen molar-refractivity contribution in [3.63, 3.8) is 0 Å². The summed E-state index contributed by atoms with van der Waals surface area (Å²) in [5.74, 6) is -1.35. The van der Waals surface area contributed by atoms with Gasteiger partial charge in [0.25, 0.3) is 0 Å². The second-order valence-electron chi connectivity index (χ2n) is 4.04. The average molecular weight is 429 g/mol. The van der Waals surface area contributed by atoms with Gasteiger partial charge in [0.05, 0.1) is 15.7 Å². The Bertz CT molecular complexity index is 689. The van der Waals surface area contributed by atoms with Crippen LogP contribution in [-0.2, 0) is 6.18 Å². The lowest BCUT2D eigenvalue weighted by atomic mass is 10.2. The Hall–Kier alpha value is -1.28. The lowest BCUT2D eigenvalue weighted by molar-refractivity contribution is -0.138. The molecule has 0 heterocycles. The van der Waals surface area contributed by atoms with Gasteiger partial charge in [-0.05, 0) is 40.2 Å². The molecular weight excluding hydrogens is 422 g/mol. The summed E-state index contributed by atoms with van der Waals surface area (Å²) in [6, 6.07) is 5.38. The summed E-state index contributed by atoms with van der Waals surface area (Å²) in [5, 5.41) is 0. The summed E-state index contributed by atoms with van der Waals surface area (Å²) in [5.41, 5.74) is 4.65. The molecule has 0 bridgehead atoms. The van der Waals surface area contributed by atoms with E-state index in [2.05, 4.69) is 31.9 Å². The van der Waals surface area contributed by atoms with Crippen molar-refractivity contribution in [2.75, 3.05) is 5.73 Å². The Morgan fingerprint density at radius 3 is 2.29 bits per heavy atom. The Morgan fingerprint density at radius 2 is 1.67 bits per heavy atom. The topological polar surface area (TPSA) is 35.2 Å². The second kappa shape index (κ2) is 5.84. The molecule has 2 rings (SSSR count). The summed E-state index contributed by atoms with van der Waals surface area (Å²) in [6.07, 6.45) is -4.60. The Labute approximate surface area is 134 Å². The predicted octanol–water partition coefficient (Wildman–Crippen LogP) is 5.74. The van der Waals surface area contributed by atoms with Crippen LogP contribution in [0.3, 0.4) is 0 Å². The quantitative estimate of drug-likeness (QED) is 0.488. The highest BCUT2D eigenvalue weighted by molar-refractivity contribution is 9.10. The lowest BCUT2D eigenvalue weighted by Gasteiger charge is -2.15. The van der Waals surface area contributed by atoms with E-state index in [0.29, 0.717) is 4.47 Å². The van der Waals surface area contributed by atoms with Gasteiger partial charge in [0.15, 0.2) is 5.75 Å². The van der Waals surface area contributed by atoms with Gasteiger partial charge in [0.1, 0.15) is 11.6 Å². The van der Waals surface area contributed by atoms with Crippen molar-refractivity contribution >= 4 is 37.5 Å². The van der Waals surface area contributed by atoms with Crippen LogP contribution in [0.1, 0.15) is 5.56 Å². The van der Waals surface area contributed by atoms with Crippen molar-refractivity contribution in [1.82, 2.24) is 0 Å². The molecule has 2 N–H and O–H groups in total. The first-order chi connectivity index (χ1) is 9.68. The third-order valence-corrected chi connectivity index (χ3v) is 3.62. The maximum absolute atomic E-state index is 13.5. The van der Waals surface area contributed by atoms with Gasteiger partial charge >= 0.3 is 6.18 Å². The van der Waals surface area contributed by atoms with E-state index >= 15 is 0 Å². The van der Waals surface area contributed by atoms with Gasteiger partial charge < -0.3 is 10.5 Å². The average Bonchev–Trinajstić information content (AvgIpc) is 2.34. The van der Waals surface area contributed by atoms with Gasteiger partial charge in [-0.3, -0.25) is 0 Å². The van der Waals surface area contributed by atoms with E-state index in [9.17, 15) is 17.6 Å². The summed E-state index contributed by atoms with van der Waals surface area (Å²) in [6.45, 7) is 0. The van der Waals surface area contributed by atoms with Gasteiger partial charge in [-0.1, -0.05) is 15.9 Å². The van der Waals surface area contributed by atoms with Crippen LogP contribution in [0.25, 0.3) is 0 Å². The van der Waals surface area contributed by atoms with E-state index in [4.69, 9.17) is 10.5 Å². The maximum Gasteiger partial charge on any atom is 0.419 e. The Kier molecular flexibility index (Phi) is 4.48. The van der Waals surface area contributed by atoms with Gasteiger partial charge in [0.2, 0.25) is 0 Å². The Morgan fingerprint density at radius 1 is 1.00 bits per heavy atom. The standard InChI is InChI=1S/C13H7Br2F4NO/c14-6-1-2-7(13(17,18)19)11(3-6)21-12-5-9(16)8(15)4-10(12)20/h1-5H,20H2. The molecule has 0 aromatic heterocycles. The fraction of sp³-hybridized carbons (Fsp3) is 0.0769. The molecule has 0 atom stereocenters. The number of alkyl halides is 3. The molecule has 0 saturated heterocycles. The molecule has 0 aliphatic rings. The minimum absolute atomic E-state index is 0.0105. The molecule has 112 valence electrons. The highest BCUT2D eigenvalue weighted by atomic mass is 79.9. The number of nitrogen functional groups attached to an aromatic ring is 1. The smallest absolute Gasteiger partial charge is 0.419 e. The lowest BCUT2D eigenvalue weighted by Crippen LogP contribution is -2.07. The van der Waals surface area contributed by atoms with Crippen molar-refractivity contribution in [1.29, 1.82) is 0 Å². The zero-order chi connectivity index (χ0) is 15.8. The number of benzene rings is 2. The second-order valence-corrected chi connectivity index (χ2v) is 5.81. The minimum atomic E-state index is -4.60. The first-order valence-electron chi connectivity index (χ1n) is 5.47. The van der Waals surface area contributed by atoms with Gasteiger partial charge in [-0.2, -0.15) is 13.2 Å². The van der Waals surface area contributed by atoms with Gasteiger partial charge in [-0.25, -0.2) is 4.39 Å². The van der Waals surface area contributed by atoms with E-state index in [-0.39, 0.29) is 15.9 Å². The number of hydrogen-bond donors (Lipinski definition) is 1. The van der Waals surface area contributed by atoms with Crippen molar-refractivity contribution in [3.8, 4) is 11.5 Å². The predicted molar refractivity (Wildman–Crippen MR) is 77.7 cm³/mol. The summed E-state index contributed by atoms with van der Waals surface area (Å²) < 4.78 is 57.9. The van der Waals surface area contributed by atoms with Crippen LogP contribution in [0, 0.1) is 5.82 Å². The molecule has 0 aliphatic heterocycles. The molecule has 2 nitrogen and oxygen atoms in total. The van der Waals surface area contributed by atoms with E-state index in [1.165, 1.54) is 12.1 Å². The normalized spacial score (nSPS) is 11.5. The van der Waals surface area contributed by atoms with E-state index in [0.717, 1.165) is 18.2 Å². The van der Waals surface area contributed by atoms with Crippen molar-refractivity contribution in [2.45, 2.75) is 6.18 Å². The van der Waals surface area contributed by atoms with Crippen LogP contribution in [0.5, 0.6) is 11.5 Å². The highest BCUT2D eigenvalue weighted by Gasteiger charge is 2.34. The summed E-state index contributed by atoms with van der Waals surface area (Å²) >= 11 is 5.99. The molecule has 0 spiro atoms. The number of hydrogen-bond acceptors (Lipinski definition) is 2. The molecule has 2 aromatic carbocycles. The monoisotopic (exact) mass is 427 g/mol. The van der Waals surface area contributed by atoms with E-state index < -0.39 is 23.3 Å². The third kappa shape index (κ3) is 3.68. The van der Waals surface area contributed by atoms with Crippen LogP contribution in [-0.4, -0.2) is 0 Å². The van der Waals surface area contributed by atoms with Crippen molar-refractivity contribution < 1.29 is 22.3 Å². The number of halogens is 6. The fourth-order valence-corrected chi connectivity index (χ4v) is 2.27. The molecule has 0 radical (unpaired) electrons. The van der Waals surface area contributed by atoms with E-state index in [1.54, 1.807) is 0 Å². The molecule has 2 aromatic rings. The third-order valence-electron chi connectivity index (χ3n) is 2.52. The Balaban J connectivity index is 2.49. The largest absolute Gasteiger partial charge is 0.454 e. The van der Waals surface area contributed by atoms with Crippen LogP contribution in [0.2, 0.25) is 0 Å². The van der Waals surface area contributed by atoms with Crippen LogP contribution in [0.4, 0.5) is 23.2 Å². The highest BCUT2D eigenvalue weighted by Crippen LogP contribution is 2.41. The first kappa shape index (κ1) is 16.1. The molecule has 0 fully saturated rings. The SMILES string of the molecule is Nc1cc(Br)c(F)cc1Oc1cc(Br)ccc1C(F)(F)F. The van der Waals surface area contributed by atoms with Crippen LogP contribution >= 0.6 is 31.9 Å². The van der Waals surface area contributed by atoms with Crippen molar-refractivity contribution in [3.05, 3.63) is 50.7 Å². The molecule has 21 heavy (non-hydrogen) atoms. The van der Waals surface area contributed by atoms with Crippen LogP contribution < -0.4 is 10.5 Å². The number of rotatable bonds is 2. The van der Waals surface area contributed by atoms with Gasteiger partial charge in [-0.15, -0.1) is 0 Å². The fourth-order valence-electron chi connectivity index (χ4n) is 1.57. The minimum Gasteiger partial charge on any atom is -0.454 e. The maximum atomic E-state index is 13.5. The molecule has 0 aliphatic carbocycles. The van der Waals surface area contributed by atoms with Crippen molar-refractivity contribution in [2.24, 2.45) is 0 Å². The molecule has 0 saturated carbocycles. The summed E-state index contributed by atoms with van der Waals surface area (Å²) in [4.78, 5) is 0. The molecule has 0 unspecified atom stereocenters. The zero-order valence-corrected chi connectivity index (χ0v) is 13.3. The molecule has 8 heteroatoms. The summed E-state index contributed by atoms with van der Waals surface area (Å²) in [7, 11) is 0. The first-order valence-corrected chi connectivity index (χ1v) is 7.06. The van der Waals surface area contributed by atoms with Gasteiger partial charge in [0, 0.05) is 10.5 Å².